The fourth-order valence-electron chi connectivity index (χ4n) is 1.16. The van der Waals surface area contributed by atoms with E-state index in [0.717, 1.165) is 0 Å². The topological polar surface area (TPSA) is 58.2 Å². The molecule has 0 fully saturated rings. The molecule has 14 heavy (non-hydrogen) atoms. The third kappa shape index (κ3) is 1.56. The highest BCUT2D eigenvalue weighted by molar-refractivity contribution is 7.92. The zero-order valence-electron chi connectivity index (χ0n) is 6.74. The van der Waals surface area contributed by atoms with Gasteiger partial charge in [0.1, 0.15) is 4.90 Å². The first kappa shape index (κ1) is 9.70. The first-order valence-electron chi connectivity index (χ1n) is 3.62. The molecule has 1 aliphatic rings. The van der Waals surface area contributed by atoms with E-state index in [0.29, 0.717) is 10.7 Å². The summed E-state index contributed by atoms with van der Waals surface area (Å²) >= 11 is 10.4. The van der Waals surface area contributed by atoms with Crippen molar-refractivity contribution in [2.75, 3.05) is 5.32 Å². The van der Waals surface area contributed by atoms with Crippen LogP contribution < -0.4 is 10.0 Å². The lowest BCUT2D eigenvalue weighted by Gasteiger charge is -2.20. The SMILES string of the molecule is O=S1(=O)NC(=S)Nc2cc(Cl)ccc21. The molecule has 1 aromatic carbocycles. The van der Waals surface area contributed by atoms with E-state index >= 15 is 0 Å². The third-order valence-electron chi connectivity index (χ3n) is 1.71. The summed E-state index contributed by atoms with van der Waals surface area (Å²) < 4.78 is 25.2. The first-order valence-corrected chi connectivity index (χ1v) is 5.89. The minimum Gasteiger partial charge on any atom is -0.331 e. The summed E-state index contributed by atoms with van der Waals surface area (Å²) in [5.74, 6) is 0. The number of anilines is 1. The molecule has 0 amide bonds. The van der Waals surface area contributed by atoms with E-state index in [1.165, 1.54) is 18.2 Å². The van der Waals surface area contributed by atoms with Crippen LogP contribution in [0.3, 0.4) is 0 Å². The Morgan fingerprint density at radius 2 is 2.07 bits per heavy atom. The molecule has 4 nitrogen and oxygen atoms in total. The summed E-state index contributed by atoms with van der Waals surface area (Å²) in [6, 6.07) is 4.45. The molecule has 2 N–H and O–H groups in total. The lowest BCUT2D eigenvalue weighted by atomic mass is 10.3. The highest BCUT2D eigenvalue weighted by Gasteiger charge is 2.25. The lowest BCUT2D eigenvalue weighted by molar-refractivity contribution is 0.592. The second-order valence-corrected chi connectivity index (χ2v) is 5.20. The van der Waals surface area contributed by atoms with Gasteiger partial charge in [-0.2, -0.15) is 0 Å². The Morgan fingerprint density at radius 3 is 2.79 bits per heavy atom. The molecular weight excluding hydrogens is 244 g/mol. The van der Waals surface area contributed by atoms with Gasteiger partial charge in [-0.15, -0.1) is 0 Å². The molecule has 0 radical (unpaired) electrons. The van der Waals surface area contributed by atoms with E-state index in [-0.39, 0.29) is 10.0 Å². The van der Waals surface area contributed by atoms with Gasteiger partial charge in [0.15, 0.2) is 5.11 Å². The van der Waals surface area contributed by atoms with Crippen molar-refractivity contribution in [2.24, 2.45) is 0 Å². The van der Waals surface area contributed by atoms with Crippen LogP contribution in [0.5, 0.6) is 0 Å². The summed E-state index contributed by atoms with van der Waals surface area (Å²) in [5.41, 5.74) is 0.404. The maximum absolute atomic E-state index is 11.5. The van der Waals surface area contributed by atoms with E-state index in [9.17, 15) is 8.42 Å². The number of halogens is 1. The van der Waals surface area contributed by atoms with E-state index in [1.54, 1.807) is 0 Å². The van der Waals surface area contributed by atoms with Crippen molar-refractivity contribution in [1.82, 2.24) is 4.72 Å². The number of hydrogen-bond donors (Lipinski definition) is 2. The summed E-state index contributed by atoms with van der Waals surface area (Å²) in [4.78, 5) is 0.149. The fraction of sp³-hybridized carbons (Fsp3) is 0. The normalized spacial score (nSPS) is 17.9. The van der Waals surface area contributed by atoms with Crippen LogP contribution in [0, 0.1) is 0 Å². The van der Waals surface area contributed by atoms with Gasteiger partial charge in [-0.3, -0.25) is 4.72 Å². The summed E-state index contributed by atoms with van der Waals surface area (Å²) in [5, 5.41) is 3.22. The molecule has 0 unspecified atom stereocenters. The van der Waals surface area contributed by atoms with Gasteiger partial charge in [-0.1, -0.05) is 11.6 Å². The molecule has 0 atom stereocenters. The molecule has 0 saturated heterocycles. The summed E-state index contributed by atoms with van der Waals surface area (Å²) in [6.07, 6.45) is 0. The lowest BCUT2D eigenvalue weighted by Crippen LogP contribution is -2.39. The average Bonchev–Trinajstić information content (AvgIpc) is 2.00. The fourth-order valence-corrected chi connectivity index (χ4v) is 2.82. The number of benzene rings is 1. The molecule has 0 bridgehead atoms. The van der Waals surface area contributed by atoms with Crippen LogP contribution in [0.25, 0.3) is 0 Å². The Morgan fingerprint density at radius 1 is 1.36 bits per heavy atom. The Labute approximate surface area is 91.3 Å². The van der Waals surface area contributed by atoms with Crippen molar-refractivity contribution in [2.45, 2.75) is 4.90 Å². The number of thiocarbonyl (C=S) groups is 1. The molecule has 0 aromatic heterocycles. The van der Waals surface area contributed by atoms with E-state index in [1.807, 2.05) is 0 Å². The molecule has 1 heterocycles. The molecule has 1 aromatic rings. The smallest absolute Gasteiger partial charge is 0.265 e. The minimum absolute atomic E-state index is 0.0553. The number of fused-ring (bicyclic) bond motifs is 1. The Bertz CT molecular complexity index is 512. The Hall–Kier alpha value is -0.850. The molecule has 1 aliphatic heterocycles. The number of rotatable bonds is 0. The molecule has 0 saturated carbocycles. The van der Waals surface area contributed by atoms with Crippen LogP contribution in [0.4, 0.5) is 5.69 Å². The minimum atomic E-state index is -3.52. The largest absolute Gasteiger partial charge is 0.331 e. The van der Waals surface area contributed by atoms with E-state index in [4.69, 9.17) is 23.8 Å². The van der Waals surface area contributed by atoms with Crippen molar-refractivity contribution in [3.05, 3.63) is 23.2 Å². The quantitative estimate of drug-likeness (QED) is 0.680. The van der Waals surface area contributed by atoms with E-state index in [2.05, 4.69) is 10.0 Å². The van der Waals surface area contributed by atoms with Crippen molar-refractivity contribution >= 4 is 44.6 Å². The van der Waals surface area contributed by atoms with Gasteiger partial charge < -0.3 is 5.32 Å². The molecule has 74 valence electrons. The van der Waals surface area contributed by atoms with Crippen molar-refractivity contribution in [3.63, 3.8) is 0 Å². The summed E-state index contributed by atoms with van der Waals surface area (Å²) in [6.45, 7) is 0. The maximum atomic E-state index is 11.5. The molecule has 7 heteroatoms. The molecule has 0 spiro atoms. The van der Waals surface area contributed by atoms with Gasteiger partial charge in [0.2, 0.25) is 0 Å². The highest BCUT2D eigenvalue weighted by atomic mass is 35.5. The monoisotopic (exact) mass is 248 g/mol. The Kier molecular flexibility index (Phi) is 2.13. The van der Waals surface area contributed by atoms with Crippen LogP contribution in [0.15, 0.2) is 23.1 Å². The Balaban J connectivity index is 2.69. The van der Waals surface area contributed by atoms with Crippen LogP contribution >= 0.6 is 23.8 Å². The number of sulfonamides is 1. The zero-order valence-corrected chi connectivity index (χ0v) is 9.13. The highest BCUT2D eigenvalue weighted by Crippen LogP contribution is 2.27. The van der Waals surface area contributed by atoms with Gasteiger partial charge in [0.25, 0.3) is 10.0 Å². The third-order valence-corrected chi connectivity index (χ3v) is 3.68. The van der Waals surface area contributed by atoms with Gasteiger partial charge in [0.05, 0.1) is 5.69 Å². The van der Waals surface area contributed by atoms with Gasteiger partial charge in [-0.25, -0.2) is 8.42 Å². The average molecular weight is 249 g/mol. The molecular formula is C7H5ClN2O2S2. The molecule has 0 aliphatic carbocycles. The number of nitrogens with one attached hydrogen (secondary N) is 2. The van der Waals surface area contributed by atoms with Gasteiger partial charge >= 0.3 is 0 Å². The van der Waals surface area contributed by atoms with Crippen LogP contribution in [0.1, 0.15) is 0 Å². The van der Waals surface area contributed by atoms with Crippen LogP contribution in [-0.4, -0.2) is 13.5 Å². The second-order valence-electron chi connectivity index (χ2n) is 2.70. The van der Waals surface area contributed by atoms with Crippen LogP contribution in [-0.2, 0) is 10.0 Å². The van der Waals surface area contributed by atoms with Crippen LogP contribution in [0.2, 0.25) is 5.02 Å². The van der Waals surface area contributed by atoms with E-state index < -0.39 is 10.0 Å². The van der Waals surface area contributed by atoms with Crippen molar-refractivity contribution in [3.8, 4) is 0 Å². The van der Waals surface area contributed by atoms with Gasteiger partial charge in [-0.05, 0) is 30.4 Å². The van der Waals surface area contributed by atoms with Gasteiger partial charge in [0, 0.05) is 5.02 Å². The molecule has 2 rings (SSSR count). The van der Waals surface area contributed by atoms with Crippen molar-refractivity contribution < 1.29 is 8.42 Å². The second kappa shape index (κ2) is 3.08. The maximum Gasteiger partial charge on any atom is 0.265 e. The standard InChI is InChI=1S/C7H5ClN2O2S2/c8-4-1-2-6-5(3-4)9-7(13)10-14(6,11)12/h1-3H,(H2,9,10,13). The predicted octanol–water partition coefficient (Wildman–Crippen LogP) is 1.33. The predicted molar refractivity (Wildman–Crippen MR) is 58.0 cm³/mol. The zero-order chi connectivity index (χ0) is 10.3. The number of hydrogen-bond acceptors (Lipinski definition) is 3. The summed E-state index contributed by atoms with van der Waals surface area (Å²) in [7, 11) is -3.52. The first-order chi connectivity index (χ1) is 6.49. The van der Waals surface area contributed by atoms with Crippen molar-refractivity contribution in [1.29, 1.82) is 0 Å².